The van der Waals surface area contributed by atoms with E-state index in [1.807, 2.05) is 0 Å². The number of para-hydroxylation sites is 1. The fraction of sp³-hybridized carbons (Fsp3) is 0.357. The summed E-state index contributed by atoms with van der Waals surface area (Å²) in [6.07, 6.45) is -2.32. The largest absolute Gasteiger partial charge is 0.534 e. The first kappa shape index (κ1) is 17.3. The minimum atomic E-state index is -1.19. The van der Waals surface area contributed by atoms with Gasteiger partial charge in [-0.15, -0.1) is 0 Å². The number of carbonyl (C=O) groups excluding carboxylic acids is 3. The number of nitrogens with zero attached hydrogens (tertiary/aromatic N) is 1. The van der Waals surface area contributed by atoms with Crippen LogP contribution in [-0.2, 0) is 19.1 Å². The van der Waals surface area contributed by atoms with Crippen molar-refractivity contribution in [3.05, 3.63) is 30.3 Å². The Morgan fingerprint density at radius 1 is 1.00 bits per heavy atom. The predicted octanol–water partition coefficient (Wildman–Crippen LogP) is 2.14. The fourth-order valence-corrected chi connectivity index (χ4v) is 1.31. The number of ether oxygens (including phenoxy) is 3. The number of amides is 2. The minimum absolute atomic E-state index is 0.00827. The molecule has 2 amide bonds. The molecule has 0 aromatic heterocycles. The van der Waals surface area contributed by atoms with Crippen LogP contribution in [0.5, 0.6) is 5.75 Å². The van der Waals surface area contributed by atoms with Gasteiger partial charge in [-0.2, -0.15) is 0 Å². The van der Waals surface area contributed by atoms with Crippen LogP contribution < -0.4 is 4.74 Å². The van der Waals surface area contributed by atoms with Crippen LogP contribution in [0.25, 0.3) is 0 Å². The summed E-state index contributed by atoms with van der Waals surface area (Å²) in [6, 6.07) is 8.49. The average molecular weight is 311 g/mol. The summed E-state index contributed by atoms with van der Waals surface area (Å²) in [5, 5.41) is 0.171. The number of imide groups is 1. The molecular weight excluding hydrogens is 294 g/mol. The van der Waals surface area contributed by atoms with Crippen LogP contribution in [0.4, 0.5) is 9.59 Å². The van der Waals surface area contributed by atoms with Crippen molar-refractivity contribution in [2.45, 2.75) is 13.8 Å². The van der Waals surface area contributed by atoms with Crippen LogP contribution in [0, 0.1) is 0 Å². The predicted molar refractivity (Wildman–Crippen MR) is 73.9 cm³/mol. The molecule has 0 aliphatic carbocycles. The van der Waals surface area contributed by atoms with E-state index in [-0.39, 0.29) is 18.3 Å². The molecule has 0 aliphatic heterocycles. The van der Waals surface area contributed by atoms with Gasteiger partial charge in [-0.1, -0.05) is 23.3 Å². The molecule has 8 nitrogen and oxygen atoms in total. The summed E-state index contributed by atoms with van der Waals surface area (Å²) in [6.45, 7) is 2.63. The van der Waals surface area contributed by atoms with Crippen molar-refractivity contribution in [1.82, 2.24) is 5.06 Å². The van der Waals surface area contributed by atoms with Gasteiger partial charge in [0.05, 0.1) is 13.2 Å². The van der Waals surface area contributed by atoms with Crippen molar-refractivity contribution in [3.8, 4) is 5.75 Å². The Labute approximate surface area is 127 Å². The second kappa shape index (κ2) is 9.22. The maximum Gasteiger partial charge on any atom is 0.534 e. The van der Waals surface area contributed by atoms with Crippen LogP contribution in [-0.4, -0.2) is 43.0 Å². The highest BCUT2D eigenvalue weighted by atomic mass is 16.8. The molecule has 0 N–H and O–H groups in total. The highest BCUT2D eigenvalue weighted by Crippen LogP contribution is 2.09. The average Bonchev–Trinajstić information content (AvgIpc) is 2.52. The lowest BCUT2D eigenvalue weighted by Gasteiger charge is -2.18. The maximum absolute atomic E-state index is 11.9. The molecule has 22 heavy (non-hydrogen) atoms. The second-order valence-electron chi connectivity index (χ2n) is 3.76. The summed E-state index contributed by atoms with van der Waals surface area (Å²) >= 11 is 0. The summed E-state index contributed by atoms with van der Waals surface area (Å²) in [5.41, 5.74) is 0. The Bertz CT molecular complexity index is 503. The summed E-state index contributed by atoms with van der Waals surface area (Å²) in [4.78, 5) is 39.3. The van der Waals surface area contributed by atoms with Gasteiger partial charge >= 0.3 is 18.2 Å². The third-order valence-corrected chi connectivity index (χ3v) is 2.19. The molecule has 0 fully saturated rings. The number of hydroxylamine groups is 2. The molecule has 120 valence electrons. The molecule has 0 heterocycles. The third kappa shape index (κ3) is 5.70. The van der Waals surface area contributed by atoms with Crippen molar-refractivity contribution >= 4 is 18.2 Å². The molecule has 0 radical (unpaired) electrons. The van der Waals surface area contributed by atoms with E-state index in [0.29, 0.717) is 5.75 Å². The van der Waals surface area contributed by atoms with E-state index in [4.69, 9.17) is 4.74 Å². The maximum atomic E-state index is 11.9. The number of hydrogen-bond donors (Lipinski definition) is 0. The summed E-state index contributed by atoms with van der Waals surface area (Å²) in [7, 11) is 0. The lowest BCUT2D eigenvalue weighted by atomic mass is 10.3. The molecule has 1 aromatic carbocycles. The van der Waals surface area contributed by atoms with E-state index in [9.17, 15) is 14.4 Å². The first-order valence-electron chi connectivity index (χ1n) is 6.60. The van der Waals surface area contributed by atoms with E-state index in [0.717, 1.165) is 0 Å². The van der Waals surface area contributed by atoms with Crippen LogP contribution in [0.15, 0.2) is 30.3 Å². The van der Waals surface area contributed by atoms with Gasteiger partial charge in [0.2, 0.25) is 0 Å². The molecule has 8 heteroatoms. The molecular formula is C14H17NO7. The van der Waals surface area contributed by atoms with Gasteiger partial charge in [-0.05, 0) is 26.0 Å². The second-order valence-corrected chi connectivity index (χ2v) is 3.76. The van der Waals surface area contributed by atoms with E-state index >= 15 is 0 Å². The van der Waals surface area contributed by atoms with Crippen molar-refractivity contribution in [2.24, 2.45) is 0 Å². The number of benzene rings is 1. The normalized spacial score (nSPS) is 9.55. The smallest absolute Gasteiger partial charge is 0.484 e. The highest BCUT2D eigenvalue weighted by Gasteiger charge is 2.28. The van der Waals surface area contributed by atoms with Gasteiger partial charge in [0.1, 0.15) is 5.75 Å². The Balaban J connectivity index is 2.66. The molecule has 1 rings (SSSR count). The zero-order chi connectivity index (χ0) is 16.4. The van der Waals surface area contributed by atoms with Crippen molar-refractivity contribution < 1.29 is 33.4 Å². The highest BCUT2D eigenvalue weighted by molar-refractivity contribution is 5.92. The number of rotatable bonds is 5. The Morgan fingerprint density at radius 3 is 2.23 bits per heavy atom. The van der Waals surface area contributed by atoms with Gasteiger partial charge in [0.25, 0.3) is 0 Å². The Hall–Kier alpha value is -2.77. The molecule has 0 bridgehead atoms. The first-order chi connectivity index (χ1) is 10.6. The van der Waals surface area contributed by atoms with Gasteiger partial charge in [-0.3, -0.25) is 9.63 Å². The van der Waals surface area contributed by atoms with Crippen LogP contribution >= 0.6 is 0 Å². The third-order valence-electron chi connectivity index (χ3n) is 2.19. The van der Waals surface area contributed by atoms with Crippen LogP contribution in [0.3, 0.4) is 0 Å². The van der Waals surface area contributed by atoms with Crippen molar-refractivity contribution in [2.75, 3.05) is 19.8 Å². The van der Waals surface area contributed by atoms with Crippen molar-refractivity contribution in [3.63, 3.8) is 0 Å². The lowest BCUT2D eigenvalue weighted by Crippen LogP contribution is -2.42. The lowest BCUT2D eigenvalue weighted by molar-refractivity contribution is -0.165. The Kier molecular flexibility index (Phi) is 7.24. The fourth-order valence-electron chi connectivity index (χ4n) is 1.31. The zero-order valence-corrected chi connectivity index (χ0v) is 12.3. The molecule has 1 aromatic rings. The summed E-state index contributed by atoms with van der Waals surface area (Å²) < 4.78 is 14.3. The first-order valence-corrected chi connectivity index (χ1v) is 6.60. The molecule has 0 unspecified atom stereocenters. The van der Waals surface area contributed by atoms with E-state index in [2.05, 4.69) is 14.3 Å². The molecule has 0 atom stereocenters. The standard InChI is InChI=1S/C14H17NO7/c1-3-19-13(17)15(22-14(18)20-4-2)12(16)10-21-11-8-6-5-7-9-11/h5-9H,3-4,10H2,1-2H3. The molecule has 0 spiro atoms. The number of hydrogen-bond acceptors (Lipinski definition) is 7. The van der Waals surface area contributed by atoms with Crippen molar-refractivity contribution in [1.29, 1.82) is 0 Å². The monoisotopic (exact) mass is 311 g/mol. The van der Waals surface area contributed by atoms with Crippen LogP contribution in [0.2, 0.25) is 0 Å². The Morgan fingerprint density at radius 2 is 1.64 bits per heavy atom. The quantitative estimate of drug-likeness (QED) is 0.607. The molecule has 0 saturated carbocycles. The molecule has 0 saturated heterocycles. The van der Waals surface area contributed by atoms with Gasteiger partial charge < -0.3 is 14.2 Å². The zero-order valence-electron chi connectivity index (χ0n) is 12.3. The minimum Gasteiger partial charge on any atom is -0.484 e. The van der Waals surface area contributed by atoms with Gasteiger partial charge in [0.15, 0.2) is 6.61 Å². The van der Waals surface area contributed by atoms with Gasteiger partial charge in [0, 0.05) is 0 Å². The SMILES string of the molecule is CCOC(=O)ON(C(=O)COc1ccccc1)C(=O)OCC. The topological polar surface area (TPSA) is 91.4 Å². The number of carbonyl (C=O) groups is 3. The van der Waals surface area contributed by atoms with E-state index in [1.165, 1.54) is 0 Å². The van der Waals surface area contributed by atoms with Crippen LogP contribution in [0.1, 0.15) is 13.8 Å². The summed E-state index contributed by atoms with van der Waals surface area (Å²) in [5.74, 6) is -0.480. The van der Waals surface area contributed by atoms with E-state index in [1.54, 1.807) is 44.2 Å². The van der Waals surface area contributed by atoms with E-state index < -0.39 is 24.8 Å². The molecule has 0 aliphatic rings. The van der Waals surface area contributed by atoms with Gasteiger partial charge in [-0.25, -0.2) is 9.59 Å².